The summed E-state index contributed by atoms with van der Waals surface area (Å²) in [6.07, 6.45) is 3.48. The van der Waals surface area contributed by atoms with Crippen LogP contribution < -0.4 is 5.32 Å². The number of nitrogens with one attached hydrogen (secondary N) is 1. The summed E-state index contributed by atoms with van der Waals surface area (Å²) in [7, 11) is 0. The van der Waals surface area contributed by atoms with Gasteiger partial charge in [-0.15, -0.1) is 11.8 Å². The molecular formula is C16H18N2OS. The van der Waals surface area contributed by atoms with Gasteiger partial charge in [-0.3, -0.25) is 9.78 Å². The molecule has 0 atom stereocenters. The number of carbonyl (C=O) groups excluding carboxylic acids is 1. The van der Waals surface area contributed by atoms with E-state index < -0.39 is 0 Å². The number of aryl methyl sites for hydroxylation is 2. The molecule has 104 valence electrons. The minimum atomic E-state index is 0.0390. The molecule has 20 heavy (non-hydrogen) atoms. The molecular weight excluding hydrogens is 268 g/mol. The lowest BCUT2D eigenvalue weighted by atomic mass is 10.1. The minimum Gasteiger partial charge on any atom is -0.351 e. The standard InChI is InChI=1S/C16H18N2OS/c1-12-5-6-15(8-13(12)2)20-11-16(19)18-10-14-4-3-7-17-9-14/h3-9H,10-11H2,1-2H3,(H,18,19). The topological polar surface area (TPSA) is 42.0 Å². The van der Waals surface area contributed by atoms with E-state index in [0.29, 0.717) is 12.3 Å². The van der Waals surface area contributed by atoms with E-state index in [-0.39, 0.29) is 5.91 Å². The maximum atomic E-state index is 11.8. The number of nitrogens with zero attached hydrogens (tertiary/aromatic N) is 1. The zero-order valence-electron chi connectivity index (χ0n) is 11.7. The average Bonchev–Trinajstić information content (AvgIpc) is 2.47. The summed E-state index contributed by atoms with van der Waals surface area (Å²) in [5, 5.41) is 2.90. The molecule has 2 aromatic rings. The normalized spacial score (nSPS) is 10.3. The number of pyridine rings is 1. The first-order valence-corrected chi connectivity index (χ1v) is 7.49. The summed E-state index contributed by atoms with van der Waals surface area (Å²) in [4.78, 5) is 16.9. The molecule has 1 amide bonds. The number of hydrogen-bond acceptors (Lipinski definition) is 3. The van der Waals surface area contributed by atoms with E-state index in [9.17, 15) is 4.79 Å². The van der Waals surface area contributed by atoms with Crippen LogP contribution in [-0.2, 0) is 11.3 Å². The lowest BCUT2D eigenvalue weighted by molar-refractivity contribution is -0.118. The molecule has 0 spiro atoms. The van der Waals surface area contributed by atoms with Crippen molar-refractivity contribution in [3.05, 3.63) is 59.4 Å². The fraction of sp³-hybridized carbons (Fsp3) is 0.250. The quantitative estimate of drug-likeness (QED) is 0.859. The molecule has 0 aliphatic carbocycles. The highest BCUT2D eigenvalue weighted by molar-refractivity contribution is 8.00. The number of thioether (sulfide) groups is 1. The second-order valence-electron chi connectivity index (χ2n) is 4.67. The highest BCUT2D eigenvalue weighted by Crippen LogP contribution is 2.20. The van der Waals surface area contributed by atoms with Crippen LogP contribution in [0.25, 0.3) is 0 Å². The van der Waals surface area contributed by atoms with Crippen molar-refractivity contribution >= 4 is 17.7 Å². The van der Waals surface area contributed by atoms with E-state index in [4.69, 9.17) is 0 Å². The van der Waals surface area contributed by atoms with Crippen LogP contribution in [0.15, 0.2) is 47.6 Å². The van der Waals surface area contributed by atoms with Crippen molar-refractivity contribution in [2.75, 3.05) is 5.75 Å². The van der Waals surface area contributed by atoms with Crippen molar-refractivity contribution in [1.82, 2.24) is 10.3 Å². The summed E-state index contributed by atoms with van der Waals surface area (Å²) < 4.78 is 0. The predicted octanol–water partition coefficient (Wildman–Crippen LogP) is 3.11. The van der Waals surface area contributed by atoms with Gasteiger partial charge in [-0.2, -0.15) is 0 Å². The molecule has 0 saturated carbocycles. The maximum absolute atomic E-state index is 11.8. The second-order valence-corrected chi connectivity index (χ2v) is 5.72. The third kappa shape index (κ3) is 4.38. The van der Waals surface area contributed by atoms with Crippen molar-refractivity contribution in [2.45, 2.75) is 25.3 Å². The van der Waals surface area contributed by atoms with Crippen molar-refractivity contribution in [3.63, 3.8) is 0 Å². The van der Waals surface area contributed by atoms with Crippen molar-refractivity contribution in [3.8, 4) is 0 Å². The number of rotatable bonds is 5. The Hall–Kier alpha value is -1.81. The fourth-order valence-electron chi connectivity index (χ4n) is 1.71. The number of aromatic nitrogens is 1. The highest BCUT2D eigenvalue weighted by atomic mass is 32.2. The fourth-order valence-corrected chi connectivity index (χ4v) is 2.53. The van der Waals surface area contributed by atoms with Crippen LogP contribution in [0.2, 0.25) is 0 Å². The lowest BCUT2D eigenvalue weighted by Crippen LogP contribution is -2.24. The maximum Gasteiger partial charge on any atom is 0.230 e. The van der Waals surface area contributed by atoms with E-state index in [0.717, 1.165) is 10.5 Å². The molecule has 4 heteroatoms. The van der Waals surface area contributed by atoms with Gasteiger partial charge in [0.15, 0.2) is 0 Å². The van der Waals surface area contributed by atoms with Crippen LogP contribution in [0, 0.1) is 13.8 Å². The minimum absolute atomic E-state index is 0.0390. The molecule has 0 bridgehead atoms. The summed E-state index contributed by atoms with van der Waals surface area (Å²) in [6, 6.07) is 10.1. The molecule has 0 fully saturated rings. The molecule has 3 nitrogen and oxygen atoms in total. The monoisotopic (exact) mass is 286 g/mol. The molecule has 2 rings (SSSR count). The van der Waals surface area contributed by atoms with E-state index in [2.05, 4.69) is 42.3 Å². The predicted molar refractivity (Wildman–Crippen MR) is 82.7 cm³/mol. The zero-order chi connectivity index (χ0) is 14.4. The van der Waals surface area contributed by atoms with Gasteiger partial charge >= 0.3 is 0 Å². The molecule has 0 saturated heterocycles. The SMILES string of the molecule is Cc1ccc(SCC(=O)NCc2cccnc2)cc1C. The molecule has 0 unspecified atom stereocenters. The molecule has 1 aromatic heterocycles. The molecule has 0 radical (unpaired) electrons. The Kier molecular flexibility index (Phi) is 5.18. The zero-order valence-corrected chi connectivity index (χ0v) is 12.5. The Labute approximate surface area is 123 Å². The van der Waals surface area contributed by atoms with E-state index in [1.807, 2.05) is 12.1 Å². The third-order valence-corrected chi connectivity index (χ3v) is 4.05. The smallest absolute Gasteiger partial charge is 0.230 e. The molecule has 0 aliphatic heterocycles. The van der Waals surface area contributed by atoms with Crippen LogP contribution in [0.5, 0.6) is 0 Å². The summed E-state index contributed by atoms with van der Waals surface area (Å²) in [6.45, 7) is 4.70. The number of hydrogen-bond donors (Lipinski definition) is 1. The first-order valence-electron chi connectivity index (χ1n) is 6.51. The van der Waals surface area contributed by atoms with Gasteiger partial charge in [0.2, 0.25) is 5.91 Å². The van der Waals surface area contributed by atoms with Crippen molar-refractivity contribution < 1.29 is 4.79 Å². The Morgan fingerprint density at radius 2 is 2.10 bits per heavy atom. The Balaban J connectivity index is 1.79. The van der Waals surface area contributed by atoms with Gasteiger partial charge in [0.25, 0.3) is 0 Å². The Morgan fingerprint density at radius 3 is 2.80 bits per heavy atom. The summed E-state index contributed by atoms with van der Waals surface area (Å²) in [5.74, 6) is 0.472. The van der Waals surface area contributed by atoms with Crippen LogP contribution in [0.1, 0.15) is 16.7 Å². The lowest BCUT2D eigenvalue weighted by Gasteiger charge is -2.06. The summed E-state index contributed by atoms with van der Waals surface area (Å²) in [5.41, 5.74) is 3.54. The molecule has 1 N–H and O–H groups in total. The van der Waals surface area contributed by atoms with Crippen molar-refractivity contribution in [1.29, 1.82) is 0 Å². The Morgan fingerprint density at radius 1 is 1.25 bits per heavy atom. The van der Waals surface area contributed by atoms with Crippen LogP contribution in [0.3, 0.4) is 0 Å². The van der Waals surface area contributed by atoms with E-state index in [1.54, 1.807) is 24.2 Å². The van der Waals surface area contributed by atoms with Gasteiger partial charge in [-0.1, -0.05) is 12.1 Å². The Bertz CT molecular complexity index is 584. The van der Waals surface area contributed by atoms with Crippen LogP contribution in [-0.4, -0.2) is 16.6 Å². The average molecular weight is 286 g/mol. The van der Waals surface area contributed by atoms with Gasteiger partial charge in [0.1, 0.15) is 0 Å². The second kappa shape index (κ2) is 7.10. The van der Waals surface area contributed by atoms with Gasteiger partial charge < -0.3 is 5.32 Å². The number of benzene rings is 1. The van der Waals surface area contributed by atoms with Gasteiger partial charge in [-0.25, -0.2) is 0 Å². The van der Waals surface area contributed by atoms with Gasteiger partial charge in [-0.05, 0) is 48.7 Å². The van der Waals surface area contributed by atoms with E-state index >= 15 is 0 Å². The summed E-state index contributed by atoms with van der Waals surface area (Å²) >= 11 is 1.56. The molecule has 1 heterocycles. The van der Waals surface area contributed by atoms with Crippen molar-refractivity contribution in [2.24, 2.45) is 0 Å². The number of amides is 1. The molecule has 1 aromatic carbocycles. The third-order valence-electron chi connectivity index (χ3n) is 3.06. The largest absolute Gasteiger partial charge is 0.351 e. The first-order chi connectivity index (χ1) is 9.65. The van der Waals surface area contributed by atoms with Crippen LogP contribution >= 0.6 is 11.8 Å². The van der Waals surface area contributed by atoms with Gasteiger partial charge in [0.05, 0.1) is 5.75 Å². The first kappa shape index (κ1) is 14.6. The van der Waals surface area contributed by atoms with Gasteiger partial charge in [0, 0.05) is 23.8 Å². The van der Waals surface area contributed by atoms with Crippen LogP contribution in [0.4, 0.5) is 0 Å². The van der Waals surface area contributed by atoms with E-state index in [1.165, 1.54) is 11.1 Å². The highest BCUT2D eigenvalue weighted by Gasteiger charge is 2.04. The molecule has 0 aliphatic rings. The number of carbonyl (C=O) groups is 1.